The third-order valence-corrected chi connectivity index (χ3v) is 3.64. The Bertz CT molecular complexity index is 531. The number of aryl methyl sites for hydroxylation is 1. The maximum absolute atomic E-state index is 5.85. The molecule has 0 aliphatic heterocycles. The monoisotopic (exact) mass is 246 g/mol. The zero-order chi connectivity index (χ0) is 12.4. The summed E-state index contributed by atoms with van der Waals surface area (Å²) in [4.78, 5) is 12.7. The highest BCUT2D eigenvalue weighted by Crippen LogP contribution is 2.25. The second-order valence-electron chi connectivity index (χ2n) is 5.02. The molecule has 0 spiro atoms. The molecule has 0 radical (unpaired) electrons. The van der Waals surface area contributed by atoms with Gasteiger partial charge in [0.2, 0.25) is 5.88 Å². The van der Waals surface area contributed by atoms with E-state index in [2.05, 4.69) is 15.0 Å². The molecule has 96 valence electrons. The van der Waals surface area contributed by atoms with E-state index in [1.807, 2.05) is 11.6 Å². The van der Waals surface area contributed by atoms with Crippen molar-refractivity contribution in [3.8, 4) is 5.88 Å². The number of ether oxygens (including phenoxy) is 1. The van der Waals surface area contributed by atoms with Gasteiger partial charge in [-0.15, -0.1) is 0 Å². The summed E-state index contributed by atoms with van der Waals surface area (Å²) in [6, 6.07) is 0. The number of hydrogen-bond acceptors (Lipinski definition) is 4. The Hall–Kier alpha value is -1.65. The van der Waals surface area contributed by atoms with Gasteiger partial charge in [0.25, 0.3) is 0 Å². The van der Waals surface area contributed by atoms with Gasteiger partial charge in [0, 0.05) is 7.05 Å². The molecule has 0 unspecified atom stereocenters. The quantitative estimate of drug-likeness (QED) is 0.834. The van der Waals surface area contributed by atoms with Crippen molar-refractivity contribution in [1.82, 2.24) is 19.5 Å². The number of aromatic nitrogens is 4. The molecular weight excluding hydrogens is 228 g/mol. The molecule has 0 saturated heterocycles. The van der Waals surface area contributed by atoms with Crippen molar-refractivity contribution in [3.05, 3.63) is 12.7 Å². The van der Waals surface area contributed by atoms with Crippen LogP contribution in [0.2, 0.25) is 0 Å². The highest BCUT2D eigenvalue weighted by atomic mass is 16.5. The third-order valence-electron chi connectivity index (χ3n) is 3.64. The van der Waals surface area contributed by atoms with Crippen molar-refractivity contribution in [2.45, 2.75) is 32.1 Å². The van der Waals surface area contributed by atoms with Crippen molar-refractivity contribution in [2.75, 3.05) is 6.61 Å². The Morgan fingerprint density at radius 3 is 2.89 bits per heavy atom. The van der Waals surface area contributed by atoms with Crippen LogP contribution in [-0.2, 0) is 7.05 Å². The Kier molecular flexibility index (Phi) is 3.13. The smallest absolute Gasteiger partial charge is 0.245 e. The van der Waals surface area contributed by atoms with Gasteiger partial charge in [-0.05, 0) is 18.8 Å². The molecule has 1 aliphatic carbocycles. The summed E-state index contributed by atoms with van der Waals surface area (Å²) < 4.78 is 7.72. The summed E-state index contributed by atoms with van der Waals surface area (Å²) in [5, 5.41) is 0. The van der Waals surface area contributed by atoms with E-state index in [9.17, 15) is 0 Å². The minimum atomic E-state index is 0.617. The molecule has 1 fully saturated rings. The first kappa shape index (κ1) is 11.4. The molecule has 18 heavy (non-hydrogen) atoms. The van der Waals surface area contributed by atoms with Gasteiger partial charge < -0.3 is 9.30 Å². The lowest BCUT2D eigenvalue weighted by Gasteiger charge is -2.21. The molecule has 0 N–H and O–H groups in total. The minimum absolute atomic E-state index is 0.617. The zero-order valence-corrected chi connectivity index (χ0v) is 10.7. The van der Waals surface area contributed by atoms with Crippen LogP contribution in [-0.4, -0.2) is 26.1 Å². The van der Waals surface area contributed by atoms with Crippen LogP contribution in [0.4, 0.5) is 0 Å². The third kappa shape index (κ3) is 2.17. The molecule has 1 saturated carbocycles. The highest BCUT2D eigenvalue weighted by Gasteiger charge is 2.16. The van der Waals surface area contributed by atoms with Crippen LogP contribution in [0.5, 0.6) is 5.88 Å². The largest absolute Gasteiger partial charge is 0.476 e. The van der Waals surface area contributed by atoms with Crippen LogP contribution < -0.4 is 4.74 Å². The van der Waals surface area contributed by atoms with Crippen LogP contribution in [0.3, 0.4) is 0 Å². The molecule has 2 heterocycles. The molecule has 2 aromatic rings. The van der Waals surface area contributed by atoms with Gasteiger partial charge in [0.15, 0.2) is 11.2 Å². The van der Waals surface area contributed by atoms with Crippen LogP contribution in [0.1, 0.15) is 32.1 Å². The summed E-state index contributed by atoms with van der Waals surface area (Å²) in [6.45, 7) is 0.753. The number of rotatable bonds is 3. The predicted octanol–water partition coefficient (Wildman–Crippen LogP) is 2.32. The molecular formula is C13H18N4O. The lowest BCUT2D eigenvalue weighted by atomic mass is 9.90. The summed E-state index contributed by atoms with van der Waals surface area (Å²) in [6.07, 6.45) is 9.86. The van der Waals surface area contributed by atoms with Gasteiger partial charge in [-0.25, -0.2) is 9.97 Å². The second-order valence-corrected chi connectivity index (χ2v) is 5.02. The summed E-state index contributed by atoms with van der Waals surface area (Å²) in [5.41, 5.74) is 1.58. The SMILES string of the molecule is Cn1cnc2c(OCC3CCCCC3)ncnc21. The molecule has 0 bridgehead atoms. The zero-order valence-electron chi connectivity index (χ0n) is 10.7. The molecule has 0 amide bonds. The molecule has 0 aromatic carbocycles. The van der Waals surface area contributed by atoms with Crippen LogP contribution in [0.25, 0.3) is 11.2 Å². The van der Waals surface area contributed by atoms with Crippen molar-refractivity contribution >= 4 is 11.2 Å². The summed E-state index contributed by atoms with van der Waals surface area (Å²) in [5.74, 6) is 1.29. The topological polar surface area (TPSA) is 52.8 Å². The maximum Gasteiger partial charge on any atom is 0.245 e. The first-order valence-electron chi connectivity index (χ1n) is 6.59. The van der Waals surface area contributed by atoms with Crippen LogP contribution in [0.15, 0.2) is 12.7 Å². The molecule has 1 aliphatic rings. The van der Waals surface area contributed by atoms with Gasteiger partial charge in [-0.3, -0.25) is 0 Å². The van der Waals surface area contributed by atoms with Gasteiger partial charge >= 0.3 is 0 Å². The summed E-state index contributed by atoms with van der Waals surface area (Å²) >= 11 is 0. The minimum Gasteiger partial charge on any atom is -0.476 e. The average molecular weight is 246 g/mol. The van der Waals surface area contributed by atoms with E-state index in [0.29, 0.717) is 11.8 Å². The van der Waals surface area contributed by atoms with Crippen molar-refractivity contribution < 1.29 is 4.74 Å². The molecule has 2 aromatic heterocycles. The Labute approximate surface area is 106 Å². The van der Waals surface area contributed by atoms with Crippen molar-refractivity contribution in [3.63, 3.8) is 0 Å². The summed E-state index contributed by atoms with van der Waals surface area (Å²) in [7, 11) is 1.92. The van der Waals surface area contributed by atoms with Gasteiger partial charge in [-0.2, -0.15) is 4.98 Å². The van der Waals surface area contributed by atoms with Crippen molar-refractivity contribution in [1.29, 1.82) is 0 Å². The second kappa shape index (κ2) is 4.92. The van der Waals surface area contributed by atoms with E-state index < -0.39 is 0 Å². The lowest BCUT2D eigenvalue weighted by molar-refractivity contribution is 0.204. The number of imidazole rings is 1. The normalized spacial score (nSPS) is 17.2. The first-order chi connectivity index (χ1) is 8.84. The van der Waals surface area contributed by atoms with E-state index >= 15 is 0 Å². The number of fused-ring (bicyclic) bond motifs is 1. The lowest BCUT2D eigenvalue weighted by Crippen LogP contribution is -2.15. The Morgan fingerprint density at radius 2 is 2.06 bits per heavy atom. The van der Waals surface area contributed by atoms with E-state index in [0.717, 1.165) is 17.8 Å². The van der Waals surface area contributed by atoms with Gasteiger partial charge in [0.1, 0.15) is 6.33 Å². The fraction of sp³-hybridized carbons (Fsp3) is 0.615. The highest BCUT2D eigenvalue weighted by molar-refractivity contribution is 5.75. The Balaban J connectivity index is 1.74. The predicted molar refractivity (Wildman–Crippen MR) is 68.4 cm³/mol. The molecule has 0 atom stereocenters. The number of nitrogens with zero attached hydrogens (tertiary/aromatic N) is 4. The molecule has 5 nitrogen and oxygen atoms in total. The van der Waals surface area contributed by atoms with Crippen LogP contribution >= 0.6 is 0 Å². The fourth-order valence-electron chi connectivity index (χ4n) is 2.58. The first-order valence-corrected chi connectivity index (χ1v) is 6.59. The molecule has 5 heteroatoms. The fourth-order valence-corrected chi connectivity index (χ4v) is 2.58. The standard InChI is InChI=1S/C13H18N4O/c1-17-9-16-11-12(17)14-8-15-13(11)18-7-10-5-3-2-4-6-10/h8-10H,2-7H2,1H3. The maximum atomic E-state index is 5.85. The van der Waals surface area contributed by atoms with E-state index in [-0.39, 0.29) is 0 Å². The van der Waals surface area contributed by atoms with E-state index in [1.54, 1.807) is 12.7 Å². The van der Waals surface area contributed by atoms with E-state index in [1.165, 1.54) is 32.1 Å². The van der Waals surface area contributed by atoms with Gasteiger partial charge in [0.05, 0.1) is 12.9 Å². The average Bonchev–Trinajstić information content (AvgIpc) is 2.80. The molecule has 3 rings (SSSR count). The van der Waals surface area contributed by atoms with Gasteiger partial charge in [-0.1, -0.05) is 19.3 Å². The number of hydrogen-bond donors (Lipinski definition) is 0. The Morgan fingerprint density at radius 1 is 1.22 bits per heavy atom. The van der Waals surface area contributed by atoms with E-state index in [4.69, 9.17) is 4.74 Å². The van der Waals surface area contributed by atoms with Crippen LogP contribution in [0, 0.1) is 5.92 Å². The van der Waals surface area contributed by atoms with Crippen molar-refractivity contribution in [2.24, 2.45) is 13.0 Å².